The fourth-order valence-corrected chi connectivity index (χ4v) is 2.16. The van der Waals surface area contributed by atoms with Crippen LogP contribution < -0.4 is 15.9 Å². The van der Waals surface area contributed by atoms with Gasteiger partial charge in [-0.15, -0.1) is 0 Å². The molecule has 0 amide bonds. The summed E-state index contributed by atoms with van der Waals surface area (Å²) in [6, 6.07) is 3.08. The Bertz CT molecular complexity index is 627. The topological polar surface area (TPSA) is 65.4 Å². The van der Waals surface area contributed by atoms with Gasteiger partial charge in [-0.05, 0) is 41.6 Å². The van der Waals surface area contributed by atoms with Crippen molar-refractivity contribution >= 4 is 28.9 Å². The van der Waals surface area contributed by atoms with Gasteiger partial charge in [-0.3, -0.25) is 14.4 Å². The van der Waals surface area contributed by atoms with Crippen molar-refractivity contribution in [2.24, 2.45) is 0 Å². The summed E-state index contributed by atoms with van der Waals surface area (Å²) in [6.07, 6.45) is 0.653. The third kappa shape index (κ3) is 2.04. The van der Waals surface area contributed by atoms with E-state index in [9.17, 15) is 14.4 Å². The van der Waals surface area contributed by atoms with E-state index in [2.05, 4.69) is 0 Å². The van der Waals surface area contributed by atoms with Crippen LogP contribution in [0.15, 0.2) is 21.7 Å². The van der Waals surface area contributed by atoms with E-state index in [1.54, 1.807) is 6.07 Å². The quantitative estimate of drug-likeness (QED) is 0.469. The largest absolute Gasteiger partial charge is 0.493 e. The third-order valence-corrected chi connectivity index (χ3v) is 3.34. The van der Waals surface area contributed by atoms with Gasteiger partial charge in [-0.1, -0.05) is 0 Å². The Labute approximate surface area is 110 Å². The molecular formula is C11H8INO4. The minimum atomic E-state index is -0.562. The molecule has 1 aromatic carbocycles. The van der Waals surface area contributed by atoms with E-state index in [0.717, 1.165) is 4.57 Å². The van der Waals surface area contributed by atoms with Crippen LogP contribution in [-0.2, 0) is 0 Å². The highest BCUT2D eigenvalue weighted by atomic mass is 127. The highest BCUT2D eigenvalue weighted by Crippen LogP contribution is 2.28. The first-order valence-corrected chi connectivity index (χ1v) is 5.98. The maximum atomic E-state index is 11.1. The predicted molar refractivity (Wildman–Crippen MR) is 70.0 cm³/mol. The van der Waals surface area contributed by atoms with Crippen molar-refractivity contribution in [1.82, 2.24) is 4.57 Å². The second-order valence-corrected chi connectivity index (χ2v) is 4.43. The van der Waals surface area contributed by atoms with Gasteiger partial charge in [0.05, 0.1) is 15.9 Å². The maximum Gasteiger partial charge on any atom is 0.324 e. The number of aromatic nitrogens is 1. The van der Waals surface area contributed by atoms with Crippen molar-refractivity contribution in [1.29, 1.82) is 0 Å². The van der Waals surface area contributed by atoms with Gasteiger partial charge in [-0.25, -0.2) is 4.57 Å². The zero-order valence-electron chi connectivity index (χ0n) is 8.90. The Hall–Kier alpha value is -1.44. The molecule has 2 rings (SSSR count). The van der Waals surface area contributed by atoms with E-state index < -0.39 is 11.1 Å². The highest BCUT2D eigenvalue weighted by Gasteiger charge is 2.22. The summed E-state index contributed by atoms with van der Waals surface area (Å²) in [4.78, 5) is 33.0. The number of halogens is 1. The van der Waals surface area contributed by atoms with Gasteiger partial charge in [0.15, 0.2) is 0 Å². The first-order chi connectivity index (χ1) is 8.10. The van der Waals surface area contributed by atoms with Crippen molar-refractivity contribution in [2.45, 2.75) is 6.92 Å². The Balaban J connectivity index is 2.62. The summed E-state index contributed by atoms with van der Waals surface area (Å²) in [5.41, 5.74) is -0.341. The molecule has 17 heavy (non-hydrogen) atoms. The average Bonchev–Trinajstić information content (AvgIpc) is 2.90. The standard InChI is InChI=1S/C11H8INO4/c1-2-17-8-4-6(5-14)3-7(9(8)12)13-10(15)11(13)16/h3-5H,2H2,1H3. The van der Waals surface area contributed by atoms with Crippen molar-refractivity contribution in [3.05, 3.63) is 42.0 Å². The van der Waals surface area contributed by atoms with Crippen molar-refractivity contribution in [2.75, 3.05) is 6.61 Å². The molecule has 0 saturated carbocycles. The van der Waals surface area contributed by atoms with Crippen LogP contribution in [0.4, 0.5) is 0 Å². The van der Waals surface area contributed by atoms with Gasteiger partial charge in [0.2, 0.25) is 0 Å². The normalized spacial score (nSPS) is 10.7. The number of ether oxygens (including phenoxy) is 1. The lowest BCUT2D eigenvalue weighted by molar-refractivity contribution is 0.112. The molecule has 0 atom stereocenters. The number of carbonyl (C=O) groups excluding carboxylic acids is 1. The lowest BCUT2D eigenvalue weighted by Crippen LogP contribution is -2.02. The number of carbonyl (C=O) groups is 1. The van der Waals surface area contributed by atoms with Crippen LogP contribution in [0.3, 0.4) is 0 Å². The first-order valence-electron chi connectivity index (χ1n) is 4.90. The van der Waals surface area contributed by atoms with E-state index in [1.165, 1.54) is 6.07 Å². The predicted octanol–water partition coefficient (Wildman–Crippen LogP) is 0.889. The van der Waals surface area contributed by atoms with E-state index in [1.807, 2.05) is 29.5 Å². The smallest absolute Gasteiger partial charge is 0.324 e. The average molecular weight is 345 g/mol. The molecule has 0 fully saturated rings. The van der Waals surface area contributed by atoms with Gasteiger partial charge in [-0.2, -0.15) is 0 Å². The van der Waals surface area contributed by atoms with E-state index in [-0.39, 0.29) is 0 Å². The minimum Gasteiger partial charge on any atom is -0.493 e. The van der Waals surface area contributed by atoms with Crippen LogP contribution in [0.1, 0.15) is 17.3 Å². The van der Waals surface area contributed by atoms with E-state index in [0.29, 0.717) is 33.5 Å². The fourth-order valence-electron chi connectivity index (χ4n) is 1.45. The van der Waals surface area contributed by atoms with Crippen molar-refractivity contribution < 1.29 is 9.53 Å². The van der Waals surface area contributed by atoms with E-state index >= 15 is 0 Å². The molecule has 2 aromatic rings. The number of aldehydes is 1. The minimum absolute atomic E-state index is 0.372. The Kier molecular flexibility index (Phi) is 3.14. The molecule has 1 aromatic heterocycles. The molecule has 6 heteroatoms. The molecule has 0 N–H and O–H groups in total. The van der Waals surface area contributed by atoms with Crippen LogP contribution in [-0.4, -0.2) is 17.5 Å². The number of benzene rings is 1. The van der Waals surface area contributed by atoms with Gasteiger partial charge in [0, 0.05) is 5.56 Å². The van der Waals surface area contributed by atoms with Gasteiger partial charge in [0.1, 0.15) is 12.0 Å². The maximum absolute atomic E-state index is 11.1. The summed E-state index contributed by atoms with van der Waals surface area (Å²) < 4.78 is 7.03. The monoisotopic (exact) mass is 345 g/mol. The van der Waals surface area contributed by atoms with E-state index in [4.69, 9.17) is 4.74 Å². The number of hydrogen-bond acceptors (Lipinski definition) is 4. The van der Waals surface area contributed by atoms with Gasteiger partial charge >= 0.3 is 11.1 Å². The van der Waals surface area contributed by atoms with Crippen molar-refractivity contribution in [3.63, 3.8) is 0 Å². The van der Waals surface area contributed by atoms with Crippen LogP contribution in [0.5, 0.6) is 5.75 Å². The molecule has 0 saturated heterocycles. The molecule has 1 heterocycles. The highest BCUT2D eigenvalue weighted by molar-refractivity contribution is 14.1. The first kappa shape index (κ1) is 12.0. The summed E-state index contributed by atoms with van der Waals surface area (Å²) in [6.45, 7) is 2.26. The molecule has 88 valence electrons. The summed E-state index contributed by atoms with van der Waals surface area (Å²) in [5, 5.41) is 0. The zero-order chi connectivity index (χ0) is 12.6. The molecular weight excluding hydrogens is 337 g/mol. The molecule has 0 aliphatic rings. The molecule has 0 aliphatic heterocycles. The van der Waals surface area contributed by atoms with Crippen LogP contribution in [0, 0.1) is 3.57 Å². The summed E-state index contributed by atoms with van der Waals surface area (Å²) in [7, 11) is 0. The molecule has 5 nitrogen and oxygen atoms in total. The second kappa shape index (κ2) is 4.44. The Morgan fingerprint density at radius 3 is 2.47 bits per heavy atom. The lowest BCUT2D eigenvalue weighted by atomic mass is 10.2. The SMILES string of the molecule is CCOc1cc(C=O)cc(-n2c(=O)c2=O)c1I. The van der Waals surface area contributed by atoms with Crippen LogP contribution in [0.2, 0.25) is 0 Å². The summed E-state index contributed by atoms with van der Waals surface area (Å²) >= 11 is 1.99. The Morgan fingerprint density at radius 1 is 1.35 bits per heavy atom. The second-order valence-electron chi connectivity index (χ2n) is 3.35. The van der Waals surface area contributed by atoms with Crippen LogP contribution >= 0.6 is 22.6 Å². The van der Waals surface area contributed by atoms with Crippen LogP contribution in [0.25, 0.3) is 5.69 Å². The van der Waals surface area contributed by atoms with Gasteiger partial charge < -0.3 is 4.74 Å². The number of hydrogen-bond donors (Lipinski definition) is 0. The zero-order valence-corrected chi connectivity index (χ0v) is 11.1. The molecule has 0 unspecified atom stereocenters. The molecule has 0 spiro atoms. The third-order valence-electron chi connectivity index (χ3n) is 2.26. The molecule has 0 radical (unpaired) electrons. The van der Waals surface area contributed by atoms with Gasteiger partial charge in [0.25, 0.3) is 0 Å². The number of nitrogens with zero attached hydrogens (tertiary/aromatic N) is 1. The summed E-state index contributed by atoms with van der Waals surface area (Å²) in [5.74, 6) is 0.500. The number of rotatable bonds is 4. The fraction of sp³-hybridized carbons (Fsp3) is 0.182. The lowest BCUT2D eigenvalue weighted by Gasteiger charge is -2.09. The molecule has 0 bridgehead atoms. The molecule has 0 aliphatic carbocycles. The van der Waals surface area contributed by atoms with Crippen molar-refractivity contribution in [3.8, 4) is 11.4 Å². The Morgan fingerprint density at radius 2 is 2.00 bits per heavy atom.